The van der Waals surface area contributed by atoms with E-state index >= 15 is 0 Å². The molecule has 6 rings (SSSR count). The number of pyridine rings is 1. The summed E-state index contributed by atoms with van der Waals surface area (Å²) < 4.78 is 18.9. The van der Waals surface area contributed by atoms with Gasteiger partial charge in [-0.2, -0.15) is 0 Å². The maximum atomic E-state index is 13.5. The van der Waals surface area contributed by atoms with Gasteiger partial charge in [-0.3, -0.25) is 4.90 Å². The Hall–Kier alpha value is -2.21. The van der Waals surface area contributed by atoms with E-state index in [1.807, 2.05) is 24.3 Å². The maximum absolute atomic E-state index is 13.5. The zero-order chi connectivity index (χ0) is 21.5. The predicted molar refractivity (Wildman–Crippen MR) is 128 cm³/mol. The number of piperidine rings is 3. The second-order valence-electron chi connectivity index (χ2n) is 8.95. The molecule has 170 valence electrons. The summed E-state index contributed by atoms with van der Waals surface area (Å²) in [6.07, 6.45) is 2.85. The molecule has 32 heavy (non-hydrogen) atoms. The zero-order valence-electron chi connectivity index (χ0n) is 18.5. The first-order valence-corrected chi connectivity index (χ1v) is 11.2. The molecule has 0 spiro atoms. The first-order chi connectivity index (χ1) is 15.1. The first kappa shape index (κ1) is 23.0. The third-order valence-corrected chi connectivity index (χ3v) is 7.33. The number of ether oxygens (including phenoxy) is 1. The molecule has 2 aromatic carbocycles. The lowest BCUT2D eigenvalue weighted by atomic mass is 9.72. The Bertz CT molecular complexity index is 1090. The van der Waals surface area contributed by atoms with Gasteiger partial charge in [0.25, 0.3) is 0 Å². The van der Waals surface area contributed by atoms with Gasteiger partial charge in [0.1, 0.15) is 11.6 Å². The zero-order valence-corrected chi connectivity index (χ0v) is 19.3. The average molecular weight is 457 g/mol. The smallest absolute Gasteiger partial charge is 0.123 e. The molecule has 1 unspecified atom stereocenters. The Balaban J connectivity index is 0.00000245. The van der Waals surface area contributed by atoms with Gasteiger partial charge in [-0.15, -0.1) is 12.4 Å². The van der Waals surface area contributed by atoms with E-state index in [4.69, 9.17) is 9.72 Å². The maximum Gasteiger partial charge on any atom is 0.123 e. The van der Waals surface area contributed by atoms with E-state index in [-0.39, 0.29) is 24.3 Å². The van der Waals surface area contributed by atoms with Gasteiger partial charge >= 0.3 is 0 Å². The lowest BCUT2D eigenvalue weighted by Crippen LogP contribution is -2.55. The molecule has 0 aliphatic carbocycles. The number of methoxy groups -OCH3 is 1. The van der Waals surface area contributed by atoms with Crippen LogP contribution in [0, 0.1) is 17.7 Å². The molecule has 1 aromatic heterocycles. The third-order valence-electron chi connectivity index (χ3n) is 7.33. The summed E-state index contributed by atoms with van der Waals surface area (Å²) in [5.41, 5.74) is 3.26. The minimum atomic E-state index is -0.614. The molecule has 4 heterocycles. The van der Waals surface area contributed by atoms with Gasteiger partial charge in [0.05, 0.1) is 24.4 Å². The van der Waals surface area contributed by atoms with Gasteiger partial charge in [-0.05, 0) is 85.3 Å². The summed E-state index contributed by atoms with van der Waals surface area (Å²) in [6, 6.07) is 14.2. The highest BCUT2D eigenvalue weighted by Gasteiger charge is 2.42. The van der Waals surface area contributed by atoms with Crippen LogP contribution in [0.2, 0.25) is 0 Å². The van der Waals surface area contributed by atoms with Crippen molar-refractivity contribution in [2.75, 3.05) is 20.2 Å². The van der Waals surface area contributed by atoms with Crippen molar-refractivity contribution in [3.63, 3.8) is 0 Å². The van der Waals surface area contributed by atoms with Crippen molar-refractivity contribution in [2.45, 2.75) is 38.3 Å². The molecular formula is C26H30ClFN2O2. The fourth-order valence-corrected chi connectivity index (χ4v) is 5.55. The van der Waals surface area contributed by atoms with Crippen LogP contribution in [0.5, 0.6) is 5.75 Å². The standard InChI is InChI=1S/C26H29FN2O2.ClH/c1-3-16-15-29-11-10-18(16)12-25(29)26(30)22-14-24(17-4-6-19(27)7-5-17)28-23-9-8-20(31-2)13-21(22)23;/h4-9,13-14,16,18,25-26,30H,3,10-12,15H2,1-2H3;1H/t16-,18-,25+,26-;/m0./s1. The molecule has 4 nitrogen and oxygen atoms in total. The molecule has 3 aliphatic rings. The monoisotopic (exact) mass is 456 g/mol. The van der Waals surface area contributed by atoms with Crippen LogP contribution in [0.1, 0.15) is 37.9 Å². The van der Waals surface area contributed by atoms with E-state index in [9.17, 15) is 9.50 Å². The number of fused-ring (bicyclic) bond motifs is 4. The Labute approximate surface area is 194 Å². The van der Waals surface area contributed by atoms with Gasteiger partial charge in [0.15, 0.2) is 0 Å². The number of aliphatic hydroxyl groups excluding tert-OH is 1. The number of rotatable bonds is 5. The van der Waals surface area contributed by atoms with E-state index in [2.05, 4.69) is 11.8 Å². The summed E-state index contributed by atoms with van der Waals surface area (Å²) in [7, 11) is 1.65. The number of nitrogens with zero attached hydrogens (tertiary/aromatic N) is 2. The van der Waals surface area contributed by atoms with Crippen molar-refractivity contribution in [2.24, 2.45) is 11.8 Å². The molecule has 3 aliphatic heterocycles. The third kappa shape index (κ3) is 4.09. The van der Waals surface area contributed by atoms with Crippen molar-refractivity contribution < 1.29 is 14.2 Å². The van der Waals surface area contributed by atoms with Crippen molar-refractivity contribution >= 4 is 23.3 Å². The molecule has 3 fully saturated rings. The number of hydrogen-bond donors (Lipinski definition) is 1. The molecule has 5 atom stereocenters. The molecule has 3 saturated heterocycles. The lowest BCUT2D eigenvalue weighted by Gasteiger charge is -2.51. The van der Waals surface area contributed by atoms with Crippen LogP contribution < -0.4 is 4.74 Å². The predicted octanol–water partition coefficient (Wildman–Crippen LogP) is 5.63. The van der Waals surface area contributed by atoms with Crippen molar-refractivity contribution in [3.05, 3.63) is 59.9 Å². The number of hydrogen-bond acceptors (Lipinski definition) is 4. The van der Waals surface area contributed by atoms with Gasteiger partial charge < -0.3 is 9.84 Å². The molecular weight excluding hydrogens is 427 g/mol. The fourth-order valence-electron chi connectivity index (χ4n) is 5.55. The van der Waals surface area contributed by atoms with Crippen LogP contribution in [0.3, 0.4) is 0 Å². The summed E-state index contributed by atoms with van der Waals surface area (Å²) in [6.45, 7) is 4.40. The van der Waals surface area contributed by atoms with Crippen LogP contribution in [0.4, 0.5) is 4.39 Å². The number of aliphatic hydroxyl groups is 1. The van der Waals surface area contributed by atoms with Crippen LogP contribution >= 0.6 is 12.4 Å². The van der Waals surface area contributed by atoms with Crippen molar-refractivity contribution in [1.82, 2.24) is 9.88 Å². The largest absolute Gasteiger partial charge is 0.497 e. The summed E-state index contributed by atoms with van der Waals surface area (Å²) in [4.78, 5) is 7.28. The average Bonchev–Trinajstić information content (AvgIpc) is 2.83. The van der Waals surface area contributed by atoms with Gasteiger partial charge in [-0.25, -0.2) is 9.37 Å². The second-order valence-corrected chi connectivity index (χ2v) is 8.95. The molecule has 2 bridgehead atoms. The van der Waals surface area contributed by atoms with Gasteiger partial charge in [-0.1, -0.05) is 13.3 Å². The topological polar surface area (TPSA) is 45.6 Å². The van der Waals surface area contributed by atoms with E-state index in [1.54, 1.807) is 19.2 Å². The van der Waals surface area contributed by atoms with Gasteiger partial charge in [0.2, 0.25) is 0 Å². The van der Waals surface area contributed by atoms with E-state index in [0.29, 0.717) is 5.92 Å². The van der Waals surface area contributed by atoms with Crippen molar-refractivity contribution in [3.8, 4) is 17.0 Å². The number of aromatic nitrogens is 1. The molecule has 6 heteroatoms. The molecule has 0 radical (unpaired) electrons. The molecule has 1 N–H and O–H groups in total. The van der Waals surface area contributed by atoms with Crippen molar-refractivity contribution in [1.29, 1.82) is 0 Å². The fraction of sp³-hybridized carbons (Fsp3) is 0.423. The number of benzene rings is 2. The number of halogens is 2. The Morgan fingerprint density at radius 2 is 1.97 bits per heavy atom. The van der Waals surface area contributed by atoms with Crippen LogP contribution in [0.25, 0.3) is 22.2 Å². The van der Waals surface area contributed by atoms with Crippen LogP contribution in [-0.2, 0) is 0 Å². The second kappa shape index (κ2) is 9.34. The summed E-state index contributed by atoms with van der Waals surface area (Å²) in [5.74, 6) is 1.90. The molecule has 0 saturated carbocycles. The normalized spacial score (nSPS) is 25.4. The van der Waals surface area contributed by atoms with E-state index in [1.165, 1.54) is 25.0 Å². The first-order valence-electron chi connectivity index (χ1n) is 11.2. The Morgan fingerprint density at radius 3 is 2.62 bits per heavy atom. The Morgan fingerprint density at radius 1 is 1.19 bits per heavy atom. The van der Waals surface area contributed by atoms with E-state index in [0.717, 1.165) is 58.9 Å². The molecule has 3 aromatic rings. The van der Waals surface area contributed by atoms with Gasteiger partial charge in [0, 0.05) is 23.5 Å². The quantitative estimate of drug-likeness (QED) is 0.540. The Kier molecular flexibility index (Phi) is 6.70. The highest BCUT2D eigenvalue weighted by Crippen LogP contribution is 2.43. The minimum absolute atomic E-state index is 0. The summed E-state index contributed by atoms with van der Waals surface area (Å²) in [5, 5.41) is 12.5. The highest BCUT2D eigenvalue weighted by atomic mass is 35.5. The summed E-state index contributed by atoms with van der Waals surface area (Å²) >= 11 is 0. The van der Waals surface area contributed by atoms with Crippen LogP contribution in [-0.4, -0.2) is 41.2 Å². The SMILES string of the molecule is CC[C@H]1CN2CC[C@H]1C[C@@H]2[C@@H](O)c1cc(-c2ccc(F)cc2)nc2ccc(OC)cc12.Cl. The van der Waals surface area contributed by atoms with Crippen LogP contribution in [0.15, 0.2) is 48.5 Å². The highest BCUT2D eigenvalue weighted by molar-refractivity contribution is 5.87. The van der Waals surface area contributed by atoms with E-state index < -0.39 is 6.10 Å². The molecule has 0 amide bonds. The minimum Gasteiger partial charge on any atom is -0.497 e. The lowest BCUT2D eigenvalue weighted by molar-refractivity contribution is -0.0562.